The molecule has 1 aliphatic rings. The lowest BCUT2D eigenvalue weighted by Crippen LogP contribution is -2.42. The number of rotatable bonds is 0. The summed E-state index contributed by atoms with van der Waals surface area (Å²) >= 11 is 4.25. The van der Waals surface area contributed by atoms with Crippen LogP contribution in [0.3, 0.4) is 0 Å². The Morgan fingerprint density at radius 1 is 1.50 bits per heavy atom. The number of nitrogens with two attached hydrogens (primary N) is 1. The van der Waals surface area contributed by atoms with Crippen LogP contribution in [-0.4, -0.2) is 22.5 Å². The van der Waals surface area contributed by atoms with Crippen molar-refractivity contribution in [3.05, 3.63) is 0 Å². The highest BCUT2D eigenvalue weighted by atomic mass is 32.1. The summed E-state index contributed by atoms with van der Waals surface area (Å²) in [4.78, 5) is 0. The van der Waals surface area contributed by atoms with E-state index in [9.17, 15) is 5.11 Å². The Bertz CT molecular complexity index is 94.2. The molecule has 1 fully saturated rings. The van der Waals surface area contributed by atoms with Crippen molar-refractivity contribution in [2.24, 2.45) is 11.7 Å². The molecule has 4 unspecified atom stereocenters. The van der Waals surface area contributed by atoms with Gasteiger partial charge in [-0.25, -0.2) is 0 Å². The average molecular weight is 161 g/mol. The first-order valence-electron chi connectivity index (χ1n) is 3.73. The number of hydrogen-bond donors (Lipinski definition) is 3. The molecule has 0 aliphatic heterocycles. The highest BCUT2D eigenvalue weighted by Crippen LogP contribution is 2.26. The Morgan fingerprint density at radius 2 is 2.10 bits per heavy atom. The Balaban J connectivity index is 2.46. The van der Waals surface area contributed by atoms with E-state index >= 15 is 0 Å². The van der Waals surface area contributed by atoms with Crippen LogP contribution in [-0.2, 0) is 0 Å². The molecule has 0 saturated heterocycles. The first-order valence-corrected chi connectivity index (χ1v) is 4.24. The monoisotopic (exact) mass is 161 g/mol. The number of hydrogen-bond acceptors (Lipinski definition) is 3. The molecule has 0 amide bonds. The Kier molecular flexibility index (Phi) is 2.61. The molecule has 0 aromatic carbocycles. The van der Waals surface area contributed by atoms with E-state index in [0.717, 1.165) is 6.42 Å². The summed E-state index contributed by atoms with van der Waals surface area (Å²) in [6, 6.07) is 0.165. The van der Waals surface area contributed by atoms with Crippen molar-refractivity contribution >= 4 is 12.6 Å². The van der Waals surface area contributed by atoms with E-state index in [1.807, 2.05) is 0 Å². The van der Waals surface area contributed by atoms with Gasteiger partial charge in [0, 0.05) is 11.3 Å². The van der Waals surface area contributed by atoms with Crippen molar-refractivity contribution in [3.63, 3.8) is 0 Å². The predicted octanol–water partition coefficient (Wildman–Crippen LogP) is 0.403. The van der Waals surface area contributed by atoms with Crippen molar-refractivity contribution in [1.29, 1.82) is 0 Å². The maximum Gasteiger partial charge on any atom is 0.0671 e. The second kappa shape index (κ2) is 3.11. The first kappa shape index (κ1) is 8.37. The fraction of sp³-hybridized carbons (Fsp3) is 1.00. The van der Waals surface area contributed by atoms with Crippen LogP contribution in [0.4, 0.5) is 0 Å². The molecule has 0 radical (unpaired) electrons. The van der Waals surface area contributed by atoms with Crippen LogP contribution in [0.25, 0.3) is 0 Å². The lowest BCUT2D eigenvalue weighted by atomic mass is 9.84. The van der Waals surface area contributed by atoms with E-state index in [0.29, 0.717) is 12.3 Å². The molecule has 0 aromatic rings. The standard InChI is InChI=1S/C7H15NOS/c1-4-2-7(10)6(9)3-5(4)8/h4-7,9-10H,2-3,8H2,1H3. The lowest BCUT2D eigenvalue weighted by molar-refractivity contribution is 0.107. The molecule has 1 aliphatic carbocycles. The number of aliphatic hydroxyl groups is 1. The number of thiol groups is 1. The molecule has 4 atom stereocenters. The molecule has 2 nitrogen and oxygen atoms in total. The second-order valence-electron chi connectivity index (χ2n) is 3.25. The van der Waals surface area contributed by atoms with Gasteiger partial charge >= 0.3 is 0 Å². The molecule has 0 heterocycles. The molecule has 1 saturated carbocycles. The maximum absolute atomic E-state index is 9.31. The van der Waals surface area contributed by atoms with Gasteiger partial charge in [0.15, 0.2) is 0 Å². The minimum Gasteiger partial charge on any atom is -0.392 e. The maximum atomic E-state index is 9.31. The normalized spacial score (nSPS) is 49.2. The zero-order valence-electron chi connectivity index (χ0n) is 6.20. The third-order valence-corrected chi connectivity index (χ3v) is 2.86. The van der Waals surface area contributed by atoms with E-state index in [-0.39, 0.29) is 17.4 Å². The van der Waals surface area contributed by atoms with Crippen LogP contribution >= 0.6 is 12.6 Å². The highest BCUT2D eigenvalue weighted by Gasteiger charge is 2.29. The van der Waals surface area contributed by atoms with Gasteiger partial charge in [-0.1, -0.05) is 6.92 Å². The van der Waals surface area contributed by atoms with Gasteiger partial charge in [-0.15, -0.1) is 0 Å². The highest BCUT2D eigenvalue weighted by molar-refractivity contribution is 7.81. The van der Waals surface area contributed by atoms with Crippen LogP contribution in [0.15, 0.2) is 0 Å². The summed E-state index contributed by atoms with van der Waals surface area (Å²) in [6.07, 6.45) is 1.34. The van der Waals surface area contributed by atoms with Crippen LogP contribution in [0.5, 0.6) is 0 Å². The summed E-state index contributed by atoms with van der Waals surface area (Å²) in [7, 11) is 0. The van der Waals surface area contributed by atoms with Crippen LogP contribution in [0.2, 0.25) is 0 Å². The smallest absolute Gasteiger partial charge is 0.0671 e. The third-order valence-electron chi connectivity index (χ3n) is 2.30. The quantitative estimate of drug-likeness (QED) is 0.450. The Hall–Kier alpha value is 0.270. The van der Waals surface area contributed by atoms with Gasteiger partial charge in [-0.2, -0.15) is 12.6 Å². The minimum absolute atomic E-state index is 0.134. The molecule has 0 bridgehead atoms. The van der Waals surface area contributed by atoms with E-state index in [4.69, 9.17) is 5.73 Å². The molecular formula is C7H15NOS. The van der Waals surface area contributed by atoms with E-state index in [2.05, 4.69) is 19.6 Å². The van der Waals surface area contributed by atoms with Gasteiger partial charge in [-0.05, 0) is 18.8 Å². The largest absolute Gasteiger partial charge is 0.392 e. The van der Waals surface area contributed by atoms with Crippen LogP contribution < -0.4 is 5.73 Å². The van der Waals surface area contributed by atoms with Gasteiger partial charge in [-0.3, -0.25) is 0 Å². The predicted molar refractivity (Wildman–Crippen MR) is 45.2 cm³/mol. The molecular weight excluding hydrogens is 146 g/mol. The van der Waals surface area contributed by atoms with Crippen LogP contribution in [0, 0.1) is 5.92 Å². The fourth-order valence-corrected chi connectivity index (χ4v) is 1.84. The molecule has 0 spiro atoms. The van der Waals surface area contributed by atoms with Crippen molar-refractivity contribution in [2.45, 2.75) is 37.2 Å². The van der Waals surface area contributed by atoms with Crippen molar-refractivity contribution < 1.29 is 5.11 Å². The van der Waals surface area contributed by atoms with Crippen LogP contribution in [0.1, 0.15) is 19.8 Å². The third kappa shape index (κ3) is 1.65. The molecule has 3 heteroatoms. The summed E-state index contributed by atoms with van der Waals surface area (Å²) in [6.45, 7) is 2.11. The Labute approximate surface area is 67.2 Å². The minimum atomic E-state index is -0.297. The average Bonchev–Trinajstić information content (AvgIpc) is 1.84. The SMILES string of the molecule is CC1CC(S)C(O)CC1N. The van der Waals surface area contributed by atoms with Gasteiger partial charge in [0.2, 0.25) is 0 Å². The first-order chi connectivity index (χ1) is 4.61. The lowest BCUT2D eigenvalue weighted by Gasteiger charge is -2.33. The van der Waals surface area contributed by atoms with E-state index < -0.39 is 0 Å². The summed E-state index contributed by atoms with van der Waals surface area (Å²) in [5.41, 5.74) is 5.74. The molecule has 3 N–H and O–H groups in total. The topological polar surface area (TPSA) is 46.2 Å². The van der Waals surface area contributed by atoms with Crippen molar-refractivity contribution in [2.75, 3.05) is 0 Å². The van der Waals surface area contributed by atoms with E-state index in [1.54, 1.807) is 0 Å². The number of aliphatic hydroxyl groups excluding tert-OH is 1. The molecule has 1 rings (SSSR count). The van der Waals surface area contributed by atoms with Gasteiger partial charge < -0.3 is 10.8 Å². The van der Waals surface area contributed by atoms with Gasteiger partial charge in [0.05, 0.1) is 6.10 Å². The van der Waals surface area contributed by atoms with Crippen molar-refractivity contribution in [3.8, 4) is 0 Å². The molecule has 0 aromatic heterocycles. The fourth-order valence-electron chi connectivity index (χ4n) is 1.38. The van der Waals surface area contributed by atoms with E-state index in [1.165, 1.54) is 0 Å². The van der Waals surface area contributed by atoms with Gasteiger partial charge in [0.25, 0.3) is 0 Å². The summed E-state index contributed by atoms with van der Waals surface area (Å²) < 4.78 is 0. The van der Waals surface area contributed by atoms with Crippen molar-refractivity contribution in [1.82, 2.24) is 0 Å². The zero-order valence-corrected chi connectivity index (χ0v) is 7.09. The molecule has 10 heavy (non-hydrogen) atoms. The Morgan fingerprint density at radius 3 is 2.60 bits per heavy atom. The second-order valence-corrected chi connectivity index (χ2v) is 3.91. The summed E-state index contributed by atoms with van der Waals surface area (Å²) in [5.74, 6) is 0.505. The van der Waals surface area contributed by atoms with Gasteiger partial charge in [0.1, 0.15) is 0 Å². The summed E-state index contributed by atoms with van der Waals surface area (Å²) in [5, 5.41) is 9.44. The zero-order chi connectivity index (χ0) is 7.72. The molecule has 60 valence electrons.